The van der Waals surface area contributed by atoms with E-state index in [9.17, 15) is 9.90 Å². The number of hydrazone groups is 1. The summed E-state index contributed by atoms with van der Waals surface area (Å²) in [7, 11) is 1.50. The number of carbonyl (C=O) groups excluding carboxylic acids is 1. The topological polar surface area (TPSA) is 65.4 Å². The van der Waals surface area contributed by atoms with Crippen molar-refractivity contribution in [2.45, 2.75) is 12.8 Å². The Bertz CT molecular complexity index is 1120. The van der Waals surface area contributed by atoms with E-state index in [4.69, 9.17) is 9.84 Å². The number of Topliss-reactive ketones (excluding diaryl/α,β-unsaturated/α-hetero) is 1. The Kier molecular flexibility index (Phi) is 4.82. The van der Waals surface area contributed by atoms with Crippen LogP contribution in [0.2, 0.25) is 0 Å². The average Bonchev–Trinajstić information content (AvgIpc) is 2.82. The van der Waals surface area contributed by atoms with Gasteiger partial charge >= 0.3 is 0 Å². The molecule has 0 spiro atoms. The molecule has 3 aromatic carbocycles. The largest absolute Gasteiger partial charge is 0.504 e. The van der Waals surface area contributed by atoms with Crippen molar-refractivity contribution >= 4 is 28.6 Å². The van der Waals surface area contributed by atoms with Crippen LogP contribution in [0.5, 0.6) is 11.5 Å². The van der Waals surface area contributed by atoms with Crippen molar-refractivity contribution in [3.63, 3.8) is 0 Å². The van der Waals surface area contributed by atoms with Crippen molar-refractivity contribution < 1.29 is 14.6 Å². The van der Waals surface area contributed by atoms with E-state index in [2.05, 4.69) is 4.90 Å². The van der Waals surface area contributed by atoms with Crippen molar-refractivity contribution in [3.05, 3.63) is 77.9 Å². The number of nitrogens with zero attached hydrogens (tertiary/aromatic N) is 3. The average molecular weight is 413 g/mol. The van der Waals surface area contributed by atoms with Gasteiger partial charge in [-0.25, -0.2) is 5.01 Å². The van der Waals surface area contributed by atoms with Gasteiger partial charge in [-0.1, -0.05) is 36.4 Å². The number of rotatable bonds is 4. The van der Waals surface area contributed by atoms with E-state index in [1.807, 2.05) is 65.7 Å². The van der Waals surface area contributed by atoms with Crippen LogP contribution >= 0.6 is 0 Å². The first-order valence-corrected chi connectivity index (χ1v) is 10.4. The second-order valence-corrected chi connectivity index (χ2v) is 7.64. The molecule has 0 bridgehead atoms. The van der Waals surface area contributed by atoms with Crippen LogP contribution in [0.1, 0.15) is 28.8 Å². The molecule has 0 aliphatic carbocycles. The molecular weight excluding hydrogens is 390 g/mol. The summed E-state index contributed by atoms with van der Waals surface area (Å²) in [4.78, 5) is 14.9. The summed E-state index contributed by atoms with van der Waals surface area (Å²) in [5.41, 5.74) is 4.69. The number of benzene rings is 3. The predicted octanol–water partition coefficient (Wildman–Crippen LogP) is 4.74. The van der Waals surface area contributed by atoms with Crippen LogP contribution in [0.25, 0.3) is 0 Å². The second kappa shape index (κ2) is 7.80. The maximum Gasteiger partial charge on any atom is 0.170 e. The molecule has 0 fully saturated rings. The number of hydrogen-bond acceptors (Lipinski definition) is 6. The molecule has 0 aromatic heterocycles. The van der Waals surface area contributed by atoms with E-state index in [1.165, 1.54) is 7.11 Å². The number of carbonyl (C=O) groups is 1. The van der Waals surface area contributed by atoms with Gasteiger partial charge in [-0.3, -0.25) is 4.79 Å². The molecule has 6 nitrogen and oxygen atoms in total. The standard InChI is InChI=1S/C25H23N3O3/c1-31-22-16-19-20(12-14-27-15-13-21(29)23(24(19)27)25(22)30)26-28(17-8-4-2-5-9-17)18-10-6-3-7-11-18/h2-11,16,30H,12-15H2,1H3. The van der Waals surface area contributed by atoms with Crippen LogP contribution in [0.4, 0.5) is 17.1 Å². The molecular formula is C25H23N3O3. The fourth-order valence-corrected chi connectivity index (χ4v) is 4.31. The Hall–Kier alpha value is -3.80. The second-order valence-electron chi connectivity index (χ2n) is 7.64. The molecule has 2 aliphatic rings. The molecule has 0 unspecified atom stereocenters. The van der Waals surface area contributed by atoms with Crippen LogP contribution in [0.15, 0.2) is 71.8 Å². The maximum absolute atomic E-state index is 12.7. The smallest absolute Gasteiger partial charge is 0.170 e. The molecule has 1 N–H and O–H groups in total. The highest BCUT2D eigenvalue weighted by molar-refractivity contribution is 6.16. The highest BCUT2D eigenvalue weighted by Crippen LogP contribution is 2.45. The zero-order valence-electron chi connectivity index (χ0n) is 17.3. The molecule has 156 valence electrons. The van der Waals surface area contributed by atoms with E-state index >= 15 is 0 Å². The molecule has 2 aliphatic heterocycles. The first-order chi connectivity index (χ1) is 15.2. The number of ether oxygens (including phenoxy) is 1. The minimum absolute atomic E-state index is 0.0619. The highest BCUT2D eigenvalue weighted by atomic mass is 16.5. The number of phenols is 1. The van der Waals surface area contributed by atoms with E-state index in [-0.39, 0.29) is 11.5 Å². The van der Waals surface area contributed by atoms with E-state index in [0.29, 0.717) is 24.3 Å². The molecule has 0 amide bonds. The van der Waals surface area contributed by atoms with Crippen LogP contribution in [-0.2, 0) is 0 Å². The Morgan fingerprint density at radius 3 is 2.19 bits per heavy atom. The number of hydrogen-bond donors (Lipinski definition) is 1. The van der Waals surface area contributed by atoms with E-state index < -0.39 is 0 Å². The normalized spacial score (nSPS) is 16.2. The number of ketones is 1. The molecule has 6 heteroatoms. The van der Waals surface area contributed by atoms with Crippen LogP contribution in [-0.4, -0.2) is 36.8 Å². The summed E-state index contributed by atoms with van der Waals surface area (Å²) in [6.45, 7) is 1.40. The van der Waals surface area contributed by atoms with Crippen molar-refractivity contribution in [2.75, 3.05) is 30.1 Å². The predicted molar refractivity (Wildman–Crippen MR) is 122 cm³/mol. The van der Waals surface area contributed by atoms with Gasteiger partial charge in [-0.15, -0.1) is 0 Å². The van der Waals surface area contributed by atoms with Gasteiger partial charge < -0.3 is 14.7 Å². The van der Waals surface area contributed by atoms with Gasteiger partial charge in [-0.05, 0) is 30.3 Å². The molecule has 0 saturated carbocycles. The lowest BCUT2D eigenvalue weighted by Crippen LogP contribution is -2.39. The van der Waals surface area contributed by atoms with E-state index in [1.54, 1.807) is 6.07 Å². The lowest BCUT2D eigenvalue weighted by molar-refractivity contribution is 0.0976. The minimum atomic E-state index is -0.0832. The van der Waals surface area contributed by atoms with Gasteiger partial charge in [0.15, 0.2) is 17.3 Å². The lowest BCUT2D eigenvalue weighted by Gasteiger charge is -2.37. The summed E-state index contributed by atoms with van der Waals surface area (Å²) in [6, 6.07) is 21.8. The van der Waals surface area contributed by atoms with Crippen LogP contribution < -0.4 is 14.6 Å². The molecule has 2 heterocycles. The molecule has 31 heavy (non-hydrogen) atoms. The van der Waals surface area contributed by atoms with Crippen LogP contribution in [0.3, 0.4) is 0 Å². The third kappa shape index (κ3) is 3.30. The van der Waals surface area contributed by atoms with Gasteiger partial charge in [0.05, 0.1) is 35.4 Å². The van der Waals surface area contributed by atoms with Gasteiger partial charge in [0, 0.05) is 31.5 Å². The van der Waals surface area contributed by atoms with Gasteiger partial charge in [-0.2, -0.15) is 5.10 Å². The lowest BCUT2D eigenvalue weighted by atomic mass is 9.89. The molecule has 5 rings (SSSR count). The zero-order valence-corrected chi connectivity index (χ0v) is 17.3. The van der Waals surface area contributed by atoms with Crippen molar-refractivity contribution in [3.8, 4) is 11.5 Å². The minimum Gasteiger partial charge on any atom is -0.504 e. The van der Waals surface area contributed by atoms with Gasteiger partial charge in [0.25, 0.3) is 0 Å². The molecule has 3 aromatic rings. The number of methoxy groups -OCH3 is 1. The Morgan fingerprint density at radius 2 is 1.58 bits per heavy atom. The quantitative estimate of drug-likeness (QED) is 0.626. The number of aromatic hydroxyl groups is 1. The number of anilines is 3. The summed E-state index contributed by atoms with van der Waals surface area (Å²) < 4.78 is 5.39. The molecule has 0 atom stereocenters. The van der Waals surface area contributed by atoms with Gasteiger partial charge in [0.2, 0.25) is 0 Å². The third-order valence-electron chi connectivity index (χ3n) is 5.81. The van der Waals surface area contributed by atoms with Crippen molar-refractivity contribution in [1.82, 2.24) is 0 Å². The fraction of sp³-hybridized carbons (Fsp3) is 0.200. The summed E-state index contributed by atoms with van der Waals surface area (Å²) in [6.07, 6.45) is 1.12. The maximum atomic E-state index is 12.7. The SMILES string of the molecule is COc1cc2c3c(c1O)C(=O)CCN3CCC2=NN(c1ccccc1)c1ccccc1. The number of phenolic OH excluding ortho intramolecular Hbond substituents is 1. The Labute approximate surface area is 181 Å². The molecule has 0 saturated heterocycles. The first-order valence-electron chi connectivity index (χ1n) is 10.4. The zero-order chi connectivity index (χ0) is 21.4. The fourth-order valence-electron chi connectivity index (χ4n) is 4.31. The Morgan fingerprint density at radius 1 is 0.968 bits per heavy atom. The first kappa shape index (κ1) is 19.2. The van der Waals surface area contributed by atoms with E-state index in [0.717, 1.165) is 41.3 Å². The van der Waals surface area contributed by atoms with Crippen molar-refractivity contribution in [1.29, 1.82) is 0 Å². The number of para-hydroxylation sites is 2. The Balaban J connectivity index is 1.70. The highest BCUT2D eigenvalue weighted by Gasteiger charge is 2.35. The molecule has 0 radical (unpaired) electrons. The summed E-state index contributed by atoms with van der Waals surface area (Å²) in [5.74, 6) is 0.151. The van der Waals surface area contributed by atoms with Gasteiger partial charge in [0.1, 0.15) is 0 Å². The van der Waals surface area contributed by atoms with Crippen LogP contribution in [0, 0.1) is 0 Å². The summed E-state index contributed by atoms with van der Waals surface area (Å²) in [5, 5.41) is 17.6. The third-order valence-corrected chi connectivity index (χ3v) is 5.81. The monoisotopic (exact) mass is 413 g/mol. The van der Waals surface area contributed by atoms with Crippen molar-refractivity contribution in [2.24, 2.45) is 5.10 Å². The summed E-state index contributed by atoms with van der Waals surface area (Å²) >= 11 is 0.